The normalized spacial score (nSPS) is 11.4. The van der Waals surface area contributed by atoms with Gasteiger partial charge >= 0.3 is 0 Å². The van der Waals surface area contributed by atoms with E-state index in [-0.39, 0.29) is 5.91 Å². The van der Waals surface area contributed by atoms with Crippen LogP contribution in [0, 0.1) is 0 Å². The predicted molar refractivity (Wildman–Crippen MR) is 165 cm³/mol. The highest BCUT2D eigenvalue weighted by molar-refractivity contribution is 6.03. The number of amides is 1. The Morgan fingerprint density at radius 1 is 0.619 bits per heavy atom. The molecule has 202 valence electrons. The van der Waals surface area contributed by atoms with Gasteiger partial charge in [-0.2, -0.15) is 0 Å². The number of benzene rings is 4. The number of carbonyl (C=O) groups excluding carboxylic acids is 1. The van der Waals surface area contributed by atoms with Gasteiger partial charge in [0.1, 0.15) is 16.9 Å². The van der Waals surface area contributed by atoms with Gasteiger partial charge in [0.15, 0.2) is 0 Å². The Bertz CT molecular complexity index is 1870. The molecule has 7 rings (SSSR count). The second-order valence-corrected chi connectivity index (χ2v) is 10.1. The van der Waals surface area contributed by atoms with Crippen LogP contribution in [0.25, 0.3) is 16.9 Å². The summed E-state index contributed by atoms with van der Waals surface area (Å²) in [5.41, 5.74) is 6.23. The number of hydrogen-bond donors (Lipinski definition) is 1. The number of imidazole rings is 2. The van der Waals surface area contributed by atoms with Crippen LogP contribution in [0.2, 0.25) is 0 Å². The molecule has 6 nitrogen and oxygen atoms in total. The highest BCUT2D eigenvalue weighted by Crippen LogP contribution is 2.41. The molecule has 0 saturated heterocycles. The van der Waals surface area contributed by atoms with Gasteiger partial charge in [0.2, 0.25) is 0 Å². The Balaban J connectivity index is 1.31. The molecule has 0 fully saturated rings. The number of fused-ring (bicyclic) bond motifs is 1. The Morgan fingerprint density at radius 2 is 1.17 bits per heavy atom. The molecule has 0 unspecified atom stereocenters. The smallest absolute Gasteiger partial charge is 0.275 e. The van der Waals surface area contributed by atoms with Crippen LogP contribution in [0.1, 0.15) is 27.2 Å². The zero-order valence-corrected chi connectivity index (χ0v) is 22.7. The van der Waals surface area contributed by atoms with Crippen molar-refractivity contribution in [1.29, 1.82) is 0 Å². The molecule has 1 N–H and O–H groups in total. The maximum atomic E-state index is 12.9. The van der Waals surface area contributed by atoms with E-state index in [0.717, 1.165) is 33.6 Å². The van der Waals surface area contributed by atoms with Gasteiger partial charge in [0.05, 0.1) is 12.0 Å². The second kappa shape index (κ2) is 10.7. The van der Waals surface area contributed by atoms with Crippen molar-refractivity contribution < 1.29 is 4.79 Å². The van der Waals surface area contributed by atoms with Gasteiger partial charge < -0.3 is 14.3 Å². The lowest BCUT2D eigenvalue weighted by Gasteiger charge is -2.37. The highest BCUT2D eigenvalue weighted by Gasteiger charge is 2.38. The Labute approximate surface area is 243 Å². The van der Waals surface area contributed by atoms with Crippen LogP contribution < -0.4 is 5.32 Å². The number of anilines is 1. The van der Waals surface area contributed by atoms with Gasteiger partial charge in [-0.15, -0.1) is 0 Å². The van der Waals surface area contributed by atoms with E-state index in [0.29, 0.717) is 11.3 Å². The zero-order chi connectivity index (χ0) is 28.4. The lowest BCUT2D eigenvalue weighted by Crippen LogP contribution is -2.36. The fourth-order valence-corrected chi connectivity index (χ4v) is 5.61. The Morgan fingerprint density at radius 3 is 1.74 bits per heavy atom. The van der Waals surface area contributed by atoms with E-state index in [1.54, 1.807) is 6.20 Å². The third-order valence-electron chi connectivity index (χ3n) is 7.56. The van der Waals surface area contributed by atoms with E-state index < -0.39 is 5.54 Å². The minimum Gasteiger partial charge on any atom is -0.321 e. The minimum absolute atomic E-state index is 0.255. The van der Waals surface area contributed by atoms with Crippen molar-refractivity contribution in [3.05, 3.63) is 181 Å². The molecule has 0 radical (unpaired) electrons. The molecule has 0 aliphatic carbocycles. The summed E-state index contributed by atoms with van der Waals surface area (Å²) in [6.07, 6.45) is 7.70. The molecule has 1 amide bonds. The average Bonchev–Trinajstić information content (AvgIpc) is 3.72. The highest BCUT2D eigenvalue weighted by atomic mass is 16.1. The molecule has 0 aliphatic heterocycles. The summed E-state index contributed by atoms with van der Waals surface area (Å²) < 4.78 is 4.06. The van der Waals surface area contributed by atoms with Crippen LogP contribution in [0.5, 0.6) is 0 Å². The van der Waals surface area contributed by atoms with Crippen molar-refractivity contribution in [2.75, 3.05) is 5.32 Å². The van der Waals surface area contributed by atoms with Crippen LogP contribution >= 0.6 is 0 Å². The van der Waals surface area contributed by atoms with E-state index in [1.807, 2.05) is 77.6 Å². The number of carbonyl (C=O) groups is 1. The van der Waals surface area contributed by atoms with E-state index >= 15 is 0 Å². The first-order valence-electron chi connectivity index (χ1n) is 13.8. The van der Waals surface area contributed by atoms with Gasteiger partial charge in [-0.05, 0) is 41.0 Å². The molecule has 4 aromatic carbocycles. The van der Waals surface area contributed by atoms with Gasteiger partial charge in [-0.3, -0.25) is 4.79 Å². The predicted octanol–water partition coefficient (Wildman–Crippen LogP) is 7.29. The number of para-hydroxylation sites is 1. The number of aromatic nitrogens is 4. The van der Waals surface area contributed by atoms with Gasteiger partial charge in [-0.25, -0.2) is 9.97 Å². The molecule has 3 heterocycles. The number of rotatable bonds is 7. The third-order valence-corrected chi connectivity index (χ3v) is 7.56. The summed E-state index contributed by atoms with van der Waals surface area (Å²) in [6.45, 7) is 0. The molecule has 0 saturated carbocycles. The van der Waals surface area contributed by atoms with E-state index in [9.17, 15) is 4.79 Å². The SMILES string of the molecule is O=C(Nc1ccccc1)c1cn2cc(-c3cn(C(c4ccccc4)(c4ccccc4)c4ccccc4)cn3)ccc2n1. The molecule has 0 atom stereocenters. The molecule has 6 heteroatoms. The second-order valence-electron chi connectivity index (χ2n) is 10.1. The first kappa shape index (κ1) is 25.2. The van der Waals surface area contributed by atoms with Gasteiger partial charge in [0.25, 0.3) is 5.91 Å². The fraction of sp³-hybridized carbons (Fsp3) is 0.0278. The van der Waals surface area contributed by atoms with Crippen molar-refractivity contribution in [1.82, 2.24) is 18.9 Å². The van der Waals surface area contributed by atoms with E-state index in [2.05, 4.69) is 93.9 Å². The molecule has 0 spiro atoms. The molecule has 0 bridgehead atoms. The third kappa shape index (κ3) is 4.45. The molecular formula is C36H27N5O. The fourth-order valence-electron chi connectivity index (χ4n) is 5.61. The number of nitrogens with zero attached hydrogens (tertiary/aromatic N) is 4. The Kier molecular flexibility index (Phi) is 6.41. The van der Waals surface area contributed by atoms with Gasteiger partial charge in [0, 0.05) is 29.8 Å². The monoisotopic (exact) mass is 545 g/mol. The zero-order valence-electron chi connectivity index (χ0n) is 22.7. The molecule has 3 aromatic heterocycles. The van der Waals surface area contributed by atoms with Crippen molar-refractivity contribution in [2.24, 2.45) is 0 Å². The first-order chi connectivity index (χ1) is 20.7. The maximum absolute atomic E-state index is 12.9. The standard InChI is InChI=1S/C36H27N5O/c42-35(38-31-19-11-4-12-20-31)33-24-40-23-27(21-22-34(40)39-33)32-25-41(26-37-32)36(28-13-5-1-6-14-28,29-15-7-2-8-16-29)30-17-9-3-10-18-30/h1-26H,(H,38,42). The maximum Gasteiger partial charge on any atom is 0.275 e. The largest absolute Gasteiger partial charge is 0.321 e. The van der Waals surface area contributed by atoms with Crippen LogP contribution in [-0.4, -0.2) is 24.8 Å². The van der Waals surface area contributed by atoms with Crippen molar-refractivity contribution in [3.63, 3.8) is 0 Å². The van der Waals surface area contributed by atoms with Crippen LogP contribution in [0.4, 0.5) is 5.69 Å². The summed E-state index contributed by atoms with van der Waals surface area (Å²) in [5.74, 6) is -0.255. The number of pyridine rings is 1. The average molecular weight is 546 g/mol. The molecule has 42 heavy (non-hydrogen) atoms. The summed E-state index contributed by atoms with van der Waals surface area (Å²) in [6, 6.07) is 44.8. The summed E-state index contributed by atoms with van der Waals surface area (Å²) in [7, 11) is 0. The summed E-state index contributed by atoms with van der Waals surface area (Å²) >= 11 is 0. The number of nitrogens with one attached hydrogen (secondary N) is 1. The summed E-state index contributed by atoms with van der Waals surface area (Å²) in [5, 5.41) is 2.90. The Hall–Kier alpha value is -5.75. The number of hydrogen-bond acceptors (Lipinski definition) is 3. The van der Waals surface area contributed by atoms with Gasteiger partial charge in [-0.1, -0.05) is 109 Å². The van der Waals surface area contributed by atoms with E-state index in [4.69, 9.17) is 4.98 Å². The first-order valence-corrected chi connectivity index (χ1v) is 13.8. The lowest BCUT2D eigenvalue weighted by molar-refractivity contribution is 0.102. The van der Waals surface area contributed by atoms with Crippen molar-refractivity contribution in [2.45, 2.75) is 5.54 Å². The molecule has 7 aromatic rings. The molecule has 0 aliphatic rings. The quantitative estimate of drug-likeness (QED) is 0.214. The van der Waals surface area contributed by atoms with E-state index in [1.165, 1.54) is 0 Å². The van der Waals surface area contributed by atoms with Crippen LogP contribution in [0.3, 0.4) is 0 Å². The van der Waals surface area contributed by atoms with Crippen molar-refractivity contribution >= 4 is 17.2 Å². The lowest BCUT2D eigenvalue weighted by atomic mass is 9.77. The van der Waals surface area contributed by atoms with Crippen LogP contribution in [-0.2, 0) is 5.54 Å². The topological polar surface area (TPSA) is 64.2 Å². The molecular weight excluding hydrogens is 518 g/mol. The van der Waals surface area contributed by atoms with Crippen molar-refractivity contribution in [3.8, 4) is 11.3 Å². The van der Waals surface area contributed by atoms with Crippen LogP contribution in [0.15, 0.2) is 158 Å². The minimum atomic E-state index is -0.642. The summed E-state index contributed by atoms with van der Waals surface area (Å²) in [4.78, 5) is 22.3.